The van der Waals surface area contributed by atoms with Crippen LogP contribution in [0.3, 0.4) is 0 Å². The molecule has 0 aromatic heterocycles. The molecule has 0 atom stereocenters. The molecule has 0 aliphatic rings. The zero-order chi connectivity index (χ0) is 19.1. The van der Waals surface area contributed by atoms with E-state index in [1.165, 1.54) is 52.2 Å². The fraction of sp³-hybridized carbons (Fsp3) is 0.846. The monoisotopic (exact) mass is 350 g/mol. The molecule has 0 rings (SSSR count). The summed E-state index contributed by atoms with van der Waals surface area (Å²) in [5, 5.41) is 2.98. The number of carbonyl (C=O) groups is 2. The van der Waals surface area contributed by atoms with Crippen LogP contribution in [0.2, 0.25) is 0 Å². The molecule has 0 bridgehead atoms. The molecule has 23 heavy (non-hydrogen) atoms. The molecular formula is C13H20F6N2O2. The number of alkyl halides is 6. The van der Waals surface area contributed by atoms with Gasteiger partial charge in [-0.2, -0.15) is 26.3 Å². The van der Waals surface area contributed by atoms with Crippen LogP contribution >= 0.6 is 0 Å². The van der Waals surface area contributed by atoms with Gasteiger partial charge in [-0.05, 0) is 41.5 Å². The lowest BCUT2D eigenvalue weighted by atomic mass is 9.99. The predicted molar refractivity (Wildman–Crippen MR) is 70.6 cm³/mol. The van der Waals surface area contributed by atoms with Crippen LogP contribution in [-0.2, 0) is 9.59 Å². The number of rotatable bonds is 4. The number of amides is 2. The summed E-state index contributed by atoms with van der Waals surface area (Å²) in [7, 11) is 0. The second kappa shape index (κ2) is 5.86. The lowest BCUT2D eigenvalue weighted by Crippen LogP contribution is -2.67. The van der Waals surface area contributed by atoms with Gasteiger partial charge in [0, 0.05) is 11.1 Å². The molecule has 0 saturated carbocycles. The summed E-state index contributed by atoms with van der Waals surface area (Å²) in [6, 6.07) is 0. The molecule has 136 valence electrons. The fourth-order valence-electron chi connectivity index (χ4n) is 1.32. The van der Waals surface area contributed by atoms with Gasteiger partial charge < -0.3 is 10.6 Å². The molecular weight excluding hydrogens is 330 g/mol. The summed E-state index contributed by atoms with van der Waals surface area (Å²) in [4.78, 5) is 22.6. The molecule has 0 fully saturated rings. The Morgan fingerprint density at radius 3 is 1.00 bits per heavy atom. The first-order valence-corrected chi connectivity index (χ1v) is 6.54. The predicted octanol–water partition coefficient (Wildman–Crippen LogP) is 2.72. The van der Waals surface area contributed by atoms with E-state index < -0.39 is 40.7 Å². The molecule has 0 radical (unpaired) electrons. The highest BCUT2D eigenvalue weighted by atomic mass is 19.3. The summed E-state index contributed by atoms with van der Waals surface area (Å²) < 4.78 is 81.6. The van der Waals surface area contributed by atoms with Gasteiger partial charge in [-0.1, -0.05) is 0 Å². The zero-order valence-corrected chi connectivity index (χ0v) is 13.6. The Hall–Kier alpha value is -1.48. The van der Waals surface area contributed by atoms with Crippen LogP contribution < -0.4 is 10.6 Å². The minimum atomic E-state index is -6.22. The Morgan fingerprint density at radius 2 is 0.826 bits per heavy atom. The van der Waals surface area contributed by atoms with Gasteiger partial charge in [0.15, 0.2) is 0 Å². The first-order valence-electron chi connectivity index (χ1n) is 6.54. The van der Waals surface area contributed by atoms with Crippen molar-refractivity contribution in [1.29, 1.82) is 0 Å². The van der Waals surface area contributed by atoms with Crippen molar-refractivity contribution in [2.45, 2.75) is 70.4 Å². The third-order valence-electron chi connectivity index (χ3n) is 2.34. The molecule has 0 heterocycles. The van der Waals surface area contributed by atoms with Gasteiger partial charge in [-0.15, -0.1) is 0 Å². The van der Waals surface area contributed by atoms with E-state index >= 15 is 0 Å². The van der Waals surface area contributed by atoms with Crippen LogP contribution in [0, 0.1) is 0 Å². The summed E-state index contributed by atoms with van der Waals surface area (Å²) in [6.45, 7) is 7.19. The number of hydrogen-bond donors (Lipinski definition) is 2. The van der Waals surface area contributed by atoms with Crippen LogP contribution in [0.4, 0.5) is 26.3 Å². The molecule has 0 saturated heterocycles. The summed E-state index contributed by atoms with van der Waals surface area (Å²) in [5.74, 6) is -23.0. The number of hydrogen-bond acceptors (Lipinski definition) is 2. The fourth-order valence-corrected chi connectivity index (χ4v) is 1.32. The average Bonchev–Trinajstić information content (AvgIpc) is 2.23. The van der Waals surface area contributed by atoms with Crippen LogP contribution in [0.5, 0.6) is 0 Å². The van der Waals surface area contributed by atoms with Gasteiger partial charge in [-0.25, -0.2) is 0 Å². The second-order valence-corrected chi connectivity index (χ2v) is 7.13. The Bertz CT molecular complexity index is 436. The third kappa shape index (κ3) is 4.74. The maximum absolute atomic E-state index is 13.6. The van der Waals surface area contributed by atoms with Crippen molar-refractivity contribution >= 4 is 11.8 Å². The SMILES string of the molecule is CC(C)(C)NC(=O)C(F)(F)C(F)(F)C(F)(F)C(=O)NC(C)(C)C. The zero-order valence-electron chi connectivity index (χ0n) is 13.6. The van der Waals surface area contributed by atoms with Crippen molar-refractivity contribution in [2.75, 3.05) is 0 Å². The lowest BCUT2D eigenvalue weighted by Gasteiger charge is -2.34. The van der Waals surface area contributed by atoms with Crippen molar-refractivity contribution in [1.82, 2.24) is 10.6 Å². The molecule has 0 unspecified atom stereocenters. The Kier molecular flexibility index (Phi) is 5.49. The highest BCUT2D eigenvalue weighted by Crippen LogP contribution is 2.46. The topological polar surface area (TPSA) is 58.2 Å². The second-order valence-electron chi connectivity index (χ2n) is 7.13. The van der Waals surface area contributed by atoms with E-state index in [-0.39, 0.29) is 0 Å². The van der Waals surface area contributed by atoms with Gasteiger partial charge in [0.2, 0.25) is 0 Å². The van der Waals surface area contributed by atoms with E-state index in [0.717, 1.165) is 0 Å². The highest BCUT2D eigenvalue weighted by molar-refractivity contribution is 5.90. The van der Waals surface area contributed by atoms with E-state index in [0.29, 0.717) is 0 Å². The molecule has 2 amide bonds. The Balaban J connectivity index is 5.65. The van der Waals surface area contributed by atoms with Crippen molar-refractivity contribution in [3.05, 3.63) is 0 Å². The largest absolute Gasteiger partial charge is 0.393 e. The van der Waals surface area contributed by atoms with E-state index in [9.17, 15) is 35.9 Å². The van der Waals surface area contributed by atoms with Gasteiger partial charge >= 0.3 is 17.8 Å². The van der Waals surface area contributed by atoms with Gasteiger partial charge in [-0.3, -0.25) is 9.59 Å². The van der Waals surface area contributed by atoms with Crippen LogP contribution in [0.15, 0.2) is 0 Å². The van der Waals surface area contributed by atoms with Crippen molar-refractivity contribution in [2.24, 2.45) is 0 Å². The summed E-state index contributed by atoms with van der Waals surface area (Å²) >= 11 is 0. The van der Waals surface area contributed by atoms with E-state index in [2.05, 4.69) is 0 Å². The first-order chi connectivity index (χ1) is 9.76. The molecule has 0 aromatic rings. The van der Waals surface area contributed by atoms with E-state index in [1.807, 2.05) is 0 Å². The first kappa shape index (κ1) is 21.5. The molecule has 10 heteroatoms. The quantitative estimate of drug-likeness (QED) is 0.766. The van der Waals surface area contributed by atoms with Gasteiger partial charge in [0.1, 0.15) is 0 Å². The normalized spacial score (nSPS) is 14.4. The summed E-state index contributed by atoms with van der Waals surface area (Å²) in [6.07, 6.45) is 0. The van der Waals surface area contributed by atoms with Crippen LogP contribution in [0.1, 0.15) is 41.5 Å². The third-order valence-corrected chi connectivity index (χ3v) is 2.34. The van der Waals surface area contributed by atoms with Crippen LogP contribution in [0.25, 0.3) is 0 Å². The number of nitrogens with one attached hydrogen (secondary N) is 2. The molecule has 0 spiro atoms. The summed E-state index contributed by atoms with van der Waals surface area (Å²) in [5.41, 5.74) is -2.72. The maximum atomic E-state index is 13.6. The smallest absolute Gasteiger partial charge is 0.346 e. The number of carbonyl (C=O) groups excluding carboxylic acids is 2. The van der Waals surface area contributed by atoms with Crippen LogP contribution in [-0.4, -0.2) is 40.7 Å². The van der Waals surface area contributed by atoms with Crippen molar-refractivity contribution in [3.8, 4) is 0 Å². The average molecular weight is 350 g/mol. The minimum absolute atomic E-state index is 1.20. The molecule has 2 N–H and O–H groups in total. The molecule has 0 aliphatic carbocycles. The highest BCUT2D eigenvalue weighted by Gasteiger charge is 2.78. The minimum Gasteiger partial charge on any atom is -0.346 e. The maximum Gasteiger partial charge on any atom is 0.393 e. The lowest BCUT2D eigenvalue weighted by molar-refractivity contribution is -0.287. The Morgan fingerprint density at radius 1 is 0.609 bits per heavy atom. The molecule has 0 aromatic carbocycles. The molecule has 4 nitrogen and oxygen atoms in total. The van der Waals surface area contributed by atoms with Crippen molar-refractivity contribution in [3.63, 3.8) is 0 Å². The Labute approximate surface area is 130 Å². The van der Waals surface area contributed by atoms with Gasteiger partial charge in [0.05, 0.1) is 0 Å². The van der Waals surface area contributed by atoms with E-state index in [4.69, 9.17) is 0 Å². The van der Waals surface area contributed by atoms with E-state index in [1.54, 1.807) is 0 Å². The molecule has 0 aliphatic heterocycles. The standard InChI is InChI=1S/C13H20F6N2O2/c1-9(2,3)20-7(22)11(14,15)13(18,19)12(16,17)8(23)21-10(4,5)6/h1-6H3,(H,20,22)(H,21,23). The van der Waals surface area contributed by atoms with Crippen molar-refractivity contribution < 1.29 is 35.9 Å². The van der Waals surface area contributed by atoms with Gasteiger partial charge in [0.25, 0.3) is 11.8 Å². The number of halogens is 6.